The van der Waals surface area contributed by atoms with Crippen molar-refractivity contribution in [2.75, 3.05) is 27.4 Å². The molecule has 0 radical (unpaired) electrons. The van der Waals surface area contributed by atoms with Crippen LogP contribution in [-0.4, -0.2) is 41.9 Å². The van der Waals surface area contributed by atoms with E-state index in [1.807, 2.05) is 0 Å². The molecule has 1 rings (SSSR count). The minimum atomic E-state index is -3.85. The second-order valence-corrected chi connectivity index (χ2v) is 6.31. The van der Waals surface area contributed by atoms with Crippen molar-refractivity contribution >= 4 is 10.0 Å². The number of rotatable bonds is 8. The standard InChI is InChI=1S/C13H21FN2O4S/c1-9-12(14)4-10(6-15)5-13(9)21(17,18)16-7-11(20-3)8-19-2/h4-5,11,16H,6-8,15H2,1-3H3. The van der Waals surface area contributed by atoms with Crippen LogP contribution in [-0.2, 0) is 26.0 Å². The van der Waals surface area contributed by atoms with E-state index in [0.717, 1.165) is 0 Å². The summed E-state index contributed by atoms with van der Waals surface area (Å²) in [6, 6.07) is 2.61. The number of ether oxygens (including phenoxy) is 2. The average Bonchev–Trinajstić information content (AvgIpc) is 2.45. The van der Waals surface area contributed by atoms with Gasteiger partial charge < -0.3 is 15.2 Å². The Hall–Kier alpha value is -1.06. The molecule has 1 unspecified atom stereocenters. The summed E-state index contributed by atoms with van der Waals surface area (Å²) in [4.78, 5) is -0.116. The van der Waals surface area contributed by atoms with E-state index >= 15 is 0 Å². The lowest BCUT2D eigenvalue weighted by atomic mass is 10.1. The molecule has 6 nitrogen and oxygen atoms in total. The highest BCUT2D eigenvalue weighted by molar-refractivity contribution is 7.89. The molecule has 8 heteroatoms. The van der Waals surface area contributed by atoms with Gasteiger partial charge >= 0.3 is 0 Å². The quantitative estimate of drug-likeness (QED) is 0.729. The molecule has 120 valence electrons. The first-order valence-corrected chi connectivity index (χ1v) is 7.84. The molecule has 0 aromatic heterocycles. The fourth-order valence-electron chi connectivity index (χ4n) is 1.78. The molecule has 0 heterocycles. The van der Waals surface area contributed by atoms with Crippen LogP contribution in [0.4, 0.5) is 4.39 Å². The van der Waals surface area contributed by atoms with Gasteiger partial charge in [-0.2, -0.15) is 0 Å². The summed E-state index contributed by atoms with van der Waals surface area (Å²) >= 11 is 0. The monoisotopic (exact) mass is 320 g/mol. The molecule has 0 aliphatic heterocycles. The predicted molar refractivity (Wildman–Crippen MR) is 76.9 cm³/mol. The normalized spacial score (nSPS) is 13.4. The van der Waals surface area contributed by atoms with Crippen LogP contribution < -0.4 is 10.5 Å². The Balaban J connectivity index is 3.00. The Kier molecular flexibility index (Phi) is 6.69. The summed E-state index contributed by atoms with van der Waals surface area (Å²) < 4.78 is 50.7. The molecular formula is C13H21FN2O4S. The second kappa shape index (κ2) is 7.81. The Morgan fingerprint density at radius 3 is 2.57 bits per heavy atom. The number of halogens is 1. The van der Waals surface area contributed by atoms with Gasteiger partial charge in [0.1, 0.15) is 5.82 Å². The maximum Gasteiger partial charge on any atom is 0.241 e. The lowest BCUT2D eigenvalue weighted by Crippen LogP contribution is -2.36. The van der Waals surface area contributed by atoms with Crippen LogP contribution in [0.25, 0.3) is 0 Å². The van der Waals surface area contributed by atoms with Crippen molar-refractivity contribution in [2.45, 2.75) is 24.5 Å². The van der Waals surface area contributed by atoms with Crippen LogP contribution in [0.2, 0.25) is 0 Å². The van der Waals surface area contributed by atoms with E-state index in [0.29, 0.717) is 5.56 Å². The zero-order valence-electron chi connectivity index (χ0n) is 12.3. The Morgan fingerprint density at radius 1 is 1.38 bits per heavy atom. The van der Waals surface area contributed by atoms with Crippen LogP contribution in [0.5, 0.6) is 0 Å². The van der Waals surface area contributed by atoms with Gasteiger partial charge in [-0.25, -0.2) is 17.5 Å². The Morgan fingerprint density at radius 2 is 2.05 bits per heavy atom. The molecule has 0 saturated heterocycles. The molecule has 0 saturated carbocycles. The molecule has 0 amide bonds. The van der Waals surface area contributed by atoms with Crippen LogP contribution in [0.3, 0.4) is 0 Å². The van der Waals surface area contributed by atoms with Crippen molar-refractivity contribution < 1.29 is 22.3 Å². The summed E-state index contributed by atoms with van der Waals surface area (Å²) in [5.41, 5.74) is 5.92. The number of hydrogen-bond donors (Lipinski definition) is 2. The first-order chi connectivity index (χ1) is 9.85. The summed E-state index contributed by atoms with van der Waals surface area (Å²) in [6.45, 7) is 1.74. The summed E-state index contributed by atoms with van der Waals surface area (Å²) in [7, 11) is -0.903. The van der Waals surface area contributed by atoms with Crippen molar-refractivity contribution in [1.29, 1.82) is 0 Å². The zero-order chi connectivity index (χ0) is 16.0. The molecule has 3 N–H and O–H groups in total. The molecule has 1 atom stereocenters. The van der Waals surface area contributed by atoms with Gasteiger partial charge in [-0.3, -0.25) is 0 Å². The van der Waals surface area contributed by atoms with Gasteiger partial charge in [-0.15, -0.1) is 0 Å². The van der Waals surface area contributed by atoms with Gasteiger partial charge in [-0.1, -0.05) is 0 Å². The molecule has 21 heavy (non-hydrogen) atoms. The third-order valence-electron chi connectivity index (χ3n) is 3.07. The highest BCUT2D eigenvalue weighted by Crippen LogP contribution is 2.20. The van der Waals surface area contributed by atoms with Gasteiger partial charge in [0.25, 0.3) is 0 Å². The lowest BCUT2D eigenvalue weighted by Gasteiger charge is -2.16. The predicted octanol–water partition coefficient (Wildman–Crippen LogP) is 0.533. The van der Waals surface area contributed by atoms with E-state index in [9.17, 15) is 12.8 Å². The smallest absolute Gasteiger partial charge is 0.241 e. The number of nitrogens with one attached hydrogen (secondary N) is 1. The highest BCUT2D eigenvalue weighted by Gasteiger charge is 2.21. The molecule has 0 bridgehead atoms. The van der Waals surface area contributed by atoms with E-state index in [1.165, 1.54) is 33.3 Å². The number of hydrogen-bond acceptors (Lipinski definition) is 5. The molecular weight excluding hydrogens is 299 g/mol. The maximum atomic E-state index is 13.8. The van der Waals surface area contributed by atoms with E-state index in [4.69, 9.17) is 15.2 Å². The van der Waals surface area contributed by atoms with Crippen LogP contribution in [0, 0.1) is 12.7 Å². The van der Waals surface area contributed by atoms with E-state index in [-0.39, 0.29) is 30.2 Å². The van der Waals surface area contributed by atoms with E-state index in [2.05, 4.69) is 4.72 Å². The molecule has 1 aromatic rings. The average molecular weight is 320 g/mol. The van der Waals surface area contributed by atoms with Gasteiger partial charge in [0.15, 0.2) is 0 Å². The molecule has 0 spiro atoms. The third-order valence-corrected chi connectivity index (χ3v) is 4.62. The first kappa shape index (κ1) is 18.0. The number of methoxy groups -OCH3 is 2. The van der Waals surface area contributed by atoms with Gasteiger partial charge in [0.2, 0.25) is 10.0 Å². The van der Waals surface area contributed by atoms with Crippen molar-refractivity contribution in [2.24, 2.45) is 5.73 Å². The van der Waals surface area contributed by atoms with Crippen molar-refractivity contribution in [1.82, 2.24) is 4.72 Å². The number of sulfonamides is 1. The topological polar surface area (TPSA) is 90.7 Å². The number of nitrogens with two attached hydrogens (primary N) is 1. The summed E-state index contributed by atoms with van der Waals surface area (Å²) in [5, 5.41) is 0. The zero-order valence-corrected chi connectivity index (χ0v) is 13.2. The van der Waals surface area contributed by atoms with Crippen molar-refractivity contribution in [3.05, 3.63) is 29.1 Å². The van der Waals surface area contributed by atoms with Gasteiger partial charge in [0, 0.05) is 32.9 Å². The van der Waals surface area contributed by atoms with Crippen molar-refractivity contribution in [3.8, 4) is 0 Å². The minimum Gasteiger partial charge on any atom is -0.382 e. The number of benzene rings is 1. The summed E-state index contributed by atoms with van der Waals surface area (Å²) in [6.07, 6.45) is -0.424. The van der Waals surface area contributed by atoms with E-state index in [1.54, 1.807) is 0 Å². The molecule has 1 aromatic carbocycles. The minimum absolute atomic E-state index is 0.0284. The largest absolute Gasteiger partial charge is 0.382 e. The fraction of sp³-hybridized carbons (Fsp3) is 0.538. The van der Waals surface area contributed by atoms with E-state index < -0.39 is 21.9 Å². The molecule has 0 aliphatic rings. The third kappa shape index (κ3) is 4.72. The lowest BCUT2D eigenvalue weighted by molar-refractivity contribution is 0.0320. The van der Waals surface area contributed by atoms with Crippen molar-refractivity contribution in [3.63, 3.8) is 0 Å². The SMILES string of the molecule is COCC(CNS(=O)(=O)c1cc(CN)cc(F)c1C)OC. The first-order valence-electron chi connectivity index (χ1n) is 6.36. The van der Waals surface area contributed by atoms with Crippen LogP contribution >= 0.6 is 0 Å². The second-order valence-electron chi connectivity index (χ2n) is 4.57. The highest BCUT2D eigenvalue weighted by atomic mass is 32.2. The Bertz CT molecular complexity index is 578. The van der Waals surface area contributed by atoms with Crippen LogP contribution in [0.15, 0.2) is 17.0 Å². The fourth-order valence-corrected chi connectivity index (χ4v) is 3.15. The molecule has 0 fully saturated rings. The molecule has 0 aliphatic carbocycles. The maximum absolute atomic E-state index is 13.8. The van der Waals surface area contributed by atoms with Crippen LogP contribution in [0.1, 0.15) is 11.1 Å². The Labute approximate surface area is 124 Å². The van der Waals surface area contributed by atoms with Gasteiger partial charge in [0.05, 0.1) is 17.6 Å². The summed E-state index contributed by atoms with van der Waals surface area (Å²) in [5.74, 6) is -0.599. The van der Waals surface area contributed by atoms with Gasteiger partial charge in [-0.05, 0) is 24.6 Å².